The molecule has 5 heteroatoms. The Labute approximate surface area is 103 Å². The van der Waals surface area contributed by atoms with Gasteiger partial charge in [0.25, 0.3) is 0 Å². The average Bonchev–Trinajstić information content (AvgIpc) is 2.94. The van der Waals surface area contributed by atoms with Crippen molar-refractivity contribution in [3.05, 3.63) is 40.5 Å². The highest BCUT2D eigenvalue weighted by Gasteiger charge is 2.00. The van der Waals surface area contributed by atoms with Gasteiger partial charge in [0.15, 0.2) is 0 Å². The first-order valence-electron chi connectivity index (χ1n) is 5.39. The van der Waals surface area contributed by atoms with Gasteiger partial charge < -0.3 is 5.32 Å². The van der Waals surface area contributed by atoms with E-state index in [9.17, 15) is 0 Å². The Balaban J connectivity index is 1.76. The summed E-state index contributed by atoms with van der Waals surface area (Å²) in [4.78, 5) is 4.42. The molecular formula is C12H12N4S. The van der Waals surface area contributed by atoms with E-state index in [2.05, 4.69) is 31.9 Å². The number of benzene rings is 1. The Kier molecular flexibility index (Phi) is 2.53. The first-order chi connectivity index (χ1) is 8.31. The molecule has 17 heavy (non-hydrogen) atoms. The molecule has 2 aromatic heterocycles. The fraction of sp³-hybridized carbons (Fsp3) is 0.167. The minimum absolute atomic E-state index is 0.766. The molecule has 0 aliphatic carbocycles. The molecule has 0 amide bonds. The maximum atomic E-state index is 4.42. The monoisotopic (exact) mass is 244 g/mol. The number of aromatic amines is 1. The third kappa shape index (κ3) is 2.14. The highest BCUT2D eigenvalue weighted by molar-refractivity contribution is 7.09. The van der Waals surface area contributed by atoms with Crippen LogP contribution in [0.3, 0.4) is 0 Å². The topological polar surface area (TPSA) is 53.6 Å². The highest BCUT2D eigenvalue weighted by atomic mass is 32.1. The van der Waals surface area contributed by atoms with E-state index in [1.165, 1.54) is 0 Å². The Bertz CT molecular complexity index is 641. The Morgan fingerprint density at radius 2 is 2.35 bits per heavy atom. The maximum absolute atomic E-state index is 4.42. The van der Waals surface area contributed by atoms with E-state index >= 15 is 0 Å². The van der Waals surface area contributed by atoms with Crippen LogP contribution >= 0.6 is 11.3 Å². The van der Waals surface area contributed by atoms with Crippen LogP contribution in [0.4, 0.5) is 5.69 Å². The van der Waals surface area contributed by atoms with Gasteiger partial charge in [0, 0.05) is 22.1 Å². The number of H-pyrrole nitrogens is 1. The van der Waals surface area contributed by atoms with Crippen molar-refractivity contribution in [1.82, 2.24) is 15.2 Å². The molecule has 0 saturated heterocycles. The molecule has 0 fully saturated rings. The molecule has 3 rings (SSSR count). The van der Waals surface area contributed by atoms with E-state index in [-0.39, 0.29) is 0 Å². The largest absolute Gasteiger partial charge is 0.379 e. The molecule has 4 nitrogen and oxygen atoms in total. The van der Waals surface area contributed by atoms with Gasteiger partial charge in [0.05, 0.1) is 18.3 Å². The summed E-state index contributed by atoms with van der Waals surface area (Å²) in [6.07, 6.45) is 1.83. The second kappa shape index (κ2) is 4.18. The van der Waals surface area contributed by atoms with E-state index in [4.69, 9.17) is 0 Å². The summed E-state index contributed by atoms with van der Waals surface area (Å²) in [5.74, 6) is 0. The number of fused-ring (bicyclic) bond motifs is 1. The van der Waals surface area contributed by atoms with Crippen LogP contribution in [0.1, 0.15) is 10.7 Å². The van der Waals surface area contributed by atoms with Crippen molar-refractivity contribution in [2.45, 2.75) is 13.5 Å². The average molecular weight is 244 g/mol. The second-order valence-electron chi connectivity index (χ2n) is 3.91. The van der Waals surface area contributed by atoms with Crippen molar-refractivity contribution >= 4 is 27.9 Å². The number of anilines is 1. The molecule has 3 aromatic rings. The Hall–Kier alpha value is -1.88. The lowest BCUT2D eigenvalue weighted by Crippen LogP contribution is -1.98. The van der Waals surface area contributed by atoms with Gasteiger partial charge in [-0.25, -0.2) is 4.98 Å². The van der Waals surface area contributed by atoms with Crippen molar-refractivity contribution in [2.24, 2.45) is 0 Å². The molecule has 86 valence electrons. The normalized spacial score (nSPS) is 10.9. The molecular weight excluding hydrogens is 232 g/mol. The predicted molar refractivity (Wildman–Crippen MR) is 70.3 cm³/mol. The van der Waals surface area contributed by atoms with Crippen molar-refractivity contribution in [3.63, 3.8) is 0 Å². The summed E-state index contributed by atoms with van der Waals surface area (Å²) in [7, 11) is 0. The maximum Gasteiger partial charge on any atom is 0.112 e. The fourth-order valence-corrected chi connectivity index (χ4v) is 2.43. The molecule has 2 N–H and O–H groups in total. The summed E-state index contributed by atoms with van der Waals surface area (Å²) in [6.45, 7) is 2.78. The van der Waals surface area contributed by atoms with E-state index in [1.54, 1.807) is 11.3 Å². The van der Waals surface area contributed by atoms with Crippen LogP contribution in [0.2, 0.25) is 0 Å². The van der Waals surface area contributed by atoms with Gasteiger partial charge >= 0.3 is 0 Å². The van der Waals surface area contributed by atoms with Crippen LogP contribution < -0.4 is 5.32 Å². The van der Waals surface area contributed by atoms with Gasteiger partial charge in [0.2, 0.25) is 0 Å². The number of rotatable bonds is 3. The van der Waals surface area contributed by atoms with Crippen molar-refractivity contribution in [3.8, 4) is 0 Å². The lowest BCUT2D eigenvalue weighted by Gasteiger charge is -2.03. The summed E-state index contributed by atoms with van der Waals surface area (Å²) in [6, 6.07) is 6.15. The minimum Gasteiger partial charge on any atom is -0.379 e. The number of nitrogens with zero attached hydrogens (tertiary/aromatic N) is 2. The molecule has 2 heterocycles. The van der Waals surface area contributed by atoms with Crippen LogP contribution in [-0.2, 0) is 6.54 Å². The lowest BCUT2D eigenvalue weighted by atomic mass is 10.2. The first kappa shape index (κ1) is 10.3. The molecule has 0 bridgehead atoms. The van der Waals surface area contributed by atoms with E-state index < -0.39 is 0 Å². The smallest absolute Gasteiger partial charge is 0.112 e. The number of nitrogens with one attached hydrogen (secondary N) is 2. The van der Waals surface area contributed by atoms with Crippen LogP contribution in [-0.4, -0.2) is 15.2 Å². The summed E-state index contributed by atoms with van der Waals surface area (Å²) < 4.78 is 0. The standard InChI is InChI=1S/C12H12N4S/c1-8-7-17-12(15-8)6-13-10-2-3-11-9(4-10)5-14-16-11/h2-5,7,13H,6H2,1H3,(H,14,16). The molecule has 0 aliphatic rings. The SMILES string of the molecule is Cc1csc(CNc2ccc3[nH]ncc3c2)n1. The molecule has 0 saturated carbocycles. The number of hydrogen-bond donors (Lipinski definition) is 2. The van der Waals surface area contributed by atoms with Gasteiger partial charge in [-0.15, -0.1) is 11.3 Å². The third-order valence-electron chi connectivity index (χ3n) is 2.55. The fourth-order valence-electron chi connectivity index (χ4n) is 1.71. The predicted octanol–water partition coefficient (Wildman–Crippen LogP) is 2.94. The van der Waals surface area contributed by atoms with Gasteiger partial charge in [0.1, 0.15) is 5.01 Å². The van der Waals surface area contributed by atoms with Gasteiger partial charge in [-0.2, -0.15) is 5.10 Å². The van der Waals surface area contributed by atoms with Crippen molar-refractivity contribution in [2.75, 3.05) is 5.32 Å². The van der Waals surface area contributed by atoms with E-state index in [0.29, 0.717) is 0 Å². The minimum atomic E-state index is 0.766. The number of hydrogen-bond acceptors (Lipinski definition) is 4. The zero-order valence-corrected chi connectivity index (χ0v) is 10.2. The van der Waals surface area contributed by atoms with Crippen LogP contribution in [0.15, 0.2) is 29.8 Å². The van der Waals surface area contributed by atoms with Crippen LogP contribution in [0.25, 0.3) is 10.9 Å². The van der Waals surface area contributed by atoms with Gasteiger partial charge in [-0.1, -0.05) is 0 Å². The number of thiazole rings is 1. The summed E-state index contributed by atoms with van der Waals surface area (Å²) >= 11 is 1.68. The quantitative estimate of drug-likeness (QED) is 0.744. The zero-order valence-electron chi connectivity index (χ0n) is 9.40. The van der Waals surface area contributed by atoms with E-state index in [1.807, 2.05) is 25.3 Å². The third-order valence-corrected chi connectivity index (χ3v) is 3.52. The number of aryl methyl sites for hydroxylation is 1. The Morgan fingerprint density at radius 1 is 1.41 bits per heavy atom. The molecule has 0 aliphatic heterocycles. The molecule has 0 unspecified atom stereocenters. The van der Waals surface area contributed by atoms with Crippen LogP contribution in [0.5, 0.6) is 0 Å². The highest BCUT2D eigenvalue weighted by Crippen LogP contribution is 2.18. The van der Waals surface area contributed by atoms with E-state index in [0.717, 1.165) is 33.8 Å². The lowest BCUT2D eigenvalue weighted by molar-refractivity contribution is 1.08. The first-order valence-corrected chi connectivity index (χ1v) is 6.27. The van der Waals surface area contributed by atoms with Crippen molar-refractivity contribution < 1.29 is 0 Å². The molecule has 0 radical (unpaired) electrons. The summed E-state index contributed by atoms with van der Waals surface area (Å²) in [5.41, 5.74) is 3.23. The van der Waals surface area contributed by atoms with Gasteiger partial charge in [-0.3, -0.25) is 5.10 Å². The van der Waals surface area contributed by atoms with Gasteiger partial charge in [-0.05, 0) is 25.1 Å². The second-order valence-corrected chi connectivity index (χ2v) is 4.85. The van der Waals surface area contributed by atoms with Crippen molar-refractivity contribution in [1.29, 1.82) is 0 Å². The Morgan fingerprint density at radius 3 is 3.18 bits per heavy atom. The molecule has 0 spiro atoms. The molecule has 0 atom stereocenters. The van der Waals surface area contributed by atoms with Crippen LogP contribution in [0, 0.1) is 6.92 Å². The summed E-state index contributed by atoms with van der Waals surface area (Å²) in [5, 5.41) is 14.6. The molecule has 1 aromatic carbocycles. The zero-order chi connectivity index (χ0) is 11.7. The number of aromatic nitrogens is 3.